The quantitative estimate of drug-likeness (QED) is 0.689. The predicted molar refractivity (Wildman–Crippen MR) is 112 cm³/mol. The molecule has 32 heavy (non-hydrogen) atoms. The van der Waals surface area contributed by atoms with Crippen LogP contribution in [0.15, 0.2) is 30.3 Å². The van der Waals surface area contributed by atoms with Crippen LogP contribution in [0.5, 0.6) is 0 Å². The minimum Gasteiger partial charge on any atom is -0.481 e. The Hall–Kier alpha value is -2.65. The topological polar surface area (TPSA) is 114 Å². The Kier molecular flexibility index (Phi) is 6.66. The third-order valence-corrected chi connectivity index (χ3v) is 6.65. The van der Waals surface area contributed by atoms with Crippen LogP contribution in [0.1, 0.15) is 44.6 Å². The first-order valence-corrected chi connectivity index (χ1v) is 11.2. The molecule has 0 radical (unpaired) electrons. The van der Waals surface area contributed by atoms with Crippen LogP contribution in [0, 0.1) is 5.92 Å². The van der Waals surface area contributed by atoms with Crippen molar-refractivity contribution in [2.24, 2.45) is 5.92 Å². The SMILES string of the molecule is CCC1COC2(CC[C@H](N3CC[C@H](NC(=O)OCc4ccccc4)C3=O)[C@H](C(=O)O)C2)O1. The zero-order chi connectivity index (χ0) is 22.7. The molecule has 2 amide bonds. The maximum Gasteiger partial charge on any atom is 0.408 e. The van der Waals surface area contributed by atoms with Gasteiger partial charge in [-0.3, -0.25) is 9.59 Å². The van der Waals surface area contributed by atoms with Gasteiger partial charge in [0.2, 0.25) is 5.91 Å². The molecule has 1 aliphatic carbocycles. The first-order chi connectivity index (χ1) is 15.4. The van der Waals surface area contributed by atoms with E-state index in [1.165, 1.54) is 0 Å². The monoisotopic (exact) mass is 446 g/mol. The number of aliphatic carboxylic acids is 1. The van der Waals surface area contributed by atoms with Crippen molar-refractivity contribution in [1.29, 1.82) is 0 Å². The molecule has 2 aliphatic heterocycles. The van der Waals surface area contributed by atoms with E-state index in [0.717, 1.165) is 12.0 Å². The average molecular weight is 447 g/mol. The van der Waals surface area contributed by atoms with Gasteiger partial charge < -0.3 is 29.5 Å². The maximum atomic E-state index is 13.0. The molecule has 3 aliphatic rings. The van der Waals surface area contributed by atoms with Crippen molar-refractivity contribution < 1.29 is 33.7 Å². The van der Waals surface area contributed by atoms with E-state index in [-0.39, 0.29) is 25.0 Å². The van der Waals surface area contributed by atoms with Gasteiger partial charge in [0.15, 0.2) is 5.79 Å². The van der Waals surface area contributed by atoms with E-state index in [1.807, 2.05) is 37.3 Å². The number of alkyl carbamates (subject to hydrolysis) is 1. The summed E-state index contributed by atoms with van der Waals surface area (Å²) in [6.07, 6.45) is 1.77. The molecule has 9 heteroatoms. The average Bonchev–Trinajstić information content (AvgIpc) is 3.36. The summed E-state index contributed by atoms with van der Waals surface area (Å²) in [6.45, 7) is 2.98. The molecule has 0 aromatic heterocycles. The molecule has 4 rings (SSSR count). The molecule has 1 saturated carbocycles. The fourth-order valence-electron chi connectivity index (χ4n) is 4.90. The highest BCUT2D eigenvalue weighted by Crippen LogP contribution is 2.43. The first kappa shape index (κ1) is 22.5. The minimum atomic E-state index is -0.965. The van der Waals surface area contributed by atoms with E-state index in [4.69, 9.17) is 14.2 Å². The third-order valence-electron chi connectivity index (χ3n) is 6.65. The molecule has 5 atom stereocenters. The Morgan fingerprint density at radius 3 is 2.75 bits per heavy atom. The van der Waals surface area contributed by atoms with Crippen molar-refractivity contribution in [3.8, 4) is 0 Å². The maximum absolute atomic E-state index is 13.0. The molecular weight excluding hydrogens is 416 g/mol. The zero-order valence-electron chi connectivity index (χ0n) is 18.2. The number of carboxylic acids is 1. The molecule has 174 valence electrons. The van der Waals surface area contributed by atoms with Gasteiger partial charge in [-0.25, -0.2) is 4.79 Å². The van der Waals surface area contributed by atoms with E-state index in [1.54, 1.807) is 4.90 Å². The number of carbonyl (C=O) groups is 3. The number of carboxylic acid groups (broad SMARTS) is 1. The number of nitrogens with one attached hydrogen (secondary N) is 1. The summed E-state index contributed by atoms with van der Waals surface area (Å²) in [5.74, 6) is -2.89. The summed E-state index contributed by atoms with van der Waals surface area (Å²) >= 11 is 0. The van der Waals surface area contributed by atoms with Crippen molar-refractivity contribution in [2.45, 2.75) is 69.6 Å². The van der Waals surface area contributed by atoms with Gasteiger partial charge in [-0.2, -0.15) is 0 Å². The van der Waals surface area contributed by atoms with E-state index in [9.17, 15) is 19.5 Å². The Labute approximate surface area is 187 Å². The normalized spacial score (nSPS) is 32.3. The molecule has 2 saturated heterocycles. The Morgan fingerprint density at radius 2 is 2.06 bits per heavy atom. The highest BCUT2D eigenvalue weighted by molar-refractivity contribution is 5.88. The van der Waals surface area contributed by atoms with Gasteiger partial charge in [-0.1, -0.05) is 37.3 Å². The summed E-state index contributed by atoms with van der Waals surface area (Å²) in [4.78, 5) is 38.8. The standard InChI is InChI=1S/C23H30N2O7/c1-2-16-14-31-23(32-16)10-8-19(17(12-23)21(27)28)25-11-9-18(20(25)26)24-22(29)30-13-15-6-4-3-5-7-15/h3-7,16-19H,2,8-14H2,1H3,(H,24,29)(H,27,28)/t16?,17-,18+,19+,23?/m1/s1. The number of ether oxygens (including phenoxy) is 3. The highest BCUT2D eigenvalue weighted by atomic mass is 16.7. The van der Waals surface area contributed by atoms with Crippen LogP contribution < -0.4 is 5.32 Å². The molecule has 2 N–H and O–H groups in total. The van der Waals surface area contributed by atoms with Crippen LogP contribution in [-0.4, -0.2) is 65.1 Å². The van der Waals surface area contributed by atoms with Crippen LogP contribution >= 0.6 is 0 Å². The van der Waals surface area contributed by atoms with Gasteiger partial charge in [0.1, 0.15) is 12.6 Å². The molecule has 2 unspecified atom stereocenters. The third kappa shape index (κ3) is 4.73. The van der Waals surface area contributed by atoms with Crippen molar-refractivity contribution in [3.05, 3.63) is 35.9 Å². The number of carbonyl (C=O) groups excluding carboxylic acids is 2. The van der Waals surface area contributed by atoms with Gasteiger partial charge in [0.25, 0.3) is 0 Å². The van der Waals surface area contributed by atoms with E-state index >= 15 is 0 Å². The van der Waals surface area contributed by atoms with Crippen molar-refractivity contribution in [3.63, 3.8) is 0 Å². The van der Waals surface area contributed by atoms with Gasteiger partial charge in [0, 0.05) is 25.4 Å². The fourth-order valence-corrected chi connectivity index (χ4v) is 4.90. The number of rotatable bonds is 6. The van der Waals surface area contributed by atoms with E-state index < -0.39 is 35.9 Å². The number of hydrogen-bond donors (Lipinski definition) is 2. The molecular formula is C23H30N2O7. The molecule has 1 spiro atoms. The van der Waals surface area contributed by atoms with Crippen LogP contribution in [0.3, 0.4) is 0 Å². The van der Waals surface area contributed by atoms with E-state index in [2.05, 4.69) is 5.32 Å². The lowest BCUT2D eigenvalue weighted by atomic mass is 9.79. The smallest absolute Gasteiger partial charge is 0.408 e. The van der Waals surface area contributed by atoms with E-state index in [0.29, 0.717) is 32.4 Å². The lowest BCUT2D eigenvalue weighted by molar-refractivity contribution is -0.210. The van der Waals surface area contributed by atoms with Crippen LogP contribution in [-0.2, 0) is 30.4 Å². The number of likely N-dealkylation sites (tertiary alicyclic amines) is 1. The predicted octanol–water partition coefficient (Wildman–Crippen LogP) is 2.29. The van der Waals surface area contributed by atoms with Gasteiger partial charge in [-0.15, -0.1) is 0 Å². The Balaban J connectivity index is 1.34. The van der Waals surface area contributed by atoms with Crippen LogP contribution in [0.2, 0.25) is 0 Å². The molecule has 2 heterocycles. The second-order valence-corrected chi connectivity index (χ2v) is 8.70. The van der Waals surface area contributed by atoms with Crippen molar-refractivity contribution in [2.75, 3.05) is 13.2 Å². The minimum absolute atomic E-state index is 0.0232. The van der Waals surface area contributed by atoms with Crippen LogP contribution in [0.4, 0.5) is 4.79 Å². The van der Waals surface area contributed by atoms with Gasteiger partial charge in [-0.05, 0) is 24.8 Å². The number of nitrogens with zero attached hydrogens (tertiary/aromatic N) is 1. The molecule has 3 fully saturated rings. The first-order valence-electron chi connectivity index (χ1n) is 11.2. The molecule has 9 nitrogen and oxygen atoms in total. The second kappa shape index (κ2) is 9.46. The van der Waals surface area contributed by atoms with Crippen molar-refractivity contribution >= 4 is 18.0 Å². The molecule has 1 aromatic rings. The molecule has 0 bridgehead atoms. The summed E-state index contributed by atoms with van der Waals surface area (Å²) in [7, 11) is 0. The highest BCUT2D eigenvalue weighted by Gasteiger charge is 2.53. The Morgan fingerprint density at radius 1 is 1.28 bits per heavy atom. The largest absolute Gasteiger partial charge is 0.481 e. The van der Waals surface area contributed by atoms with Gasteiger partial charge >= 0.3 is 12.1 Å². The summed E-state index contributed by atoms with van der Waals surface area (Å²) in [6, 6.07) is 8.10. The lowest BCUT2D eigenvalue weighted by Gasteiger charge is -2.43. The molecule has 1 aromatic carbocycles. The second-order valence-electron chi connectivity index (χ2n) is 8.70. The number of benzene rings is 1. The summed E-state index contributed by atoms with van der Waals surface area (Å²) in [5.41, 5.74) is 0.851. The lowest BCUT2D eigenvalue weighted by Crippen LogP contribution is -2.54. The number of hydrogen-bond acceptors (Lipinski definition) is 6. The van der Waals surface area contributed by atoms with Gasteiger partial charge in [0.05, 0.1) is 18.6 Å². The fraction of sp³-hybridized carbons (Fsp3) is 0.609. The number of amides is 2. The zero-order valence-corrected chi connectivity index (χ0v) is 18.2. The Bertz CT molecular complexity index is 848. The van der Waals surface area contributed by atoms with Crippen molar-refractivity contribution in [1.82, 2.24) is 10.2 Å². The summed E-state index contributed by atoms with van der Waals surface area (Å²) in [5, 5.41) is 12.5. The summed E-state index contributed by atoms with van der Waals surface area (Å²) < 4.78 is 17.1. The van der Waals surface area contributed by atoms with Crippen LogP contribution in [0.25, 0.3) is 0 Å².